The first kappa shape index (κ1) is 22.6. The molecule has 3 aromatic rings. The Labute approximate surface area is 195 Å². The zero-order valence-corrected chi connectivity index (χ0v) is 18.4. The van der Waals surface area contributed by atoms with Crippen molar-refractivity contribution in [2.24, 2.45) is 0 Å². The fourth-order valence-corrected chi connectivity index (χ4v) is 4.70. The SMILES string of the molecule is O=C1CSC(c2cc(Cl)cc(OC(F)(F)F)c2)N1c1ccc(Oc2ccc(Cl)cc2)cc1. The van der Waals surface area contributed by atoms with Crippen LogP contribution in [0.4, 0.5) is 18.9 Å². The van der Waals surface area contributed by atoms with Crippen LogP contribution in [0.15, 0.2) is 66.7 Å². The Kier molecular flexibility index (Phi) is 6.46. The molecule has 0 bridgehead atoms. The number of anilines is 1. The standard InChI is InChI=1S/C22H14Cl2F3NO3S/c23-14-1-5-17(6-2-14)30-18-7-3-16(4-8-18)28-20(29)12-32-21(28)13-9-15(24)11-19(10-13)31-22(25,26)27/h1-11,21H,12H2. The number of nitrogens with zero attached hydrogens (tertiary/aromatic N) is 1. The van der Waals surface area contributed by atoms with Crippen molar-refractivity contribution in [3.63, 3.8) is 0 Å². The second-order valence-electron chi connectivity index (χ2n) is 6.75. The average molecular weight is 500 g/mol. The summed E-state index contributed by atoms with van der Waals surface area (Å²) in [5.41, 5.74) is 1.00. The molecule has 4 nitrogen and oxygen atoms in total. The molecule has 1 fully saturated rings. The zero-order chi connectivity index (χ0) is 22.9. The molecular weight excluding hydrogens is 486 g/mol. The molecule has 3 aromatic carbocycles. The van der Waals surface area contributed by atoms with E-state index in [4.69, 9.17) is 27.9 Å². The van der Waals surface area contributed by atoms with Crippen LogP contribution in [0.1, 0.15) is 10.9 Å². The van der Waals surface area contributed by atoms with Crippen molar-refractivity contribution >= 4 is 46.6 Å². The van der Waals surface area contributed by atoms with Gasteiger partial charge in [0.25, 0.3) is 0 Å². The van der Waals surface area contributed by atoms with Gasteiger partial charge in [-0.2, -0.15) is 0 Å². The Morgan fingerprint density at radius 2 is 1.50 bits per heavy atom. The number of hydrogen-bond acceptors (Lipinski definition) is 4. The van der Waals surface area contributed by atoms with Gasteiger partial charge in [0, 0.05) is 15.7 Å². The van der Waals surface area contributed by atoms with Crippen LogP contribution in [0.2, 0.25) is 10.0 Å². The van der Waals surface area contributed by atoms with Crippen LogP contribution < -0.4 is 14.4 Å². The molecule has 0 aliphatic carbocycles. The van der Waals surface area contributed by atoms with E-state index in [1.54, 1.807) is 48.5 Å². The van der Waals surface area contributed by atoms with Crippen molar-refractivity contribution in [1.29, 1.82) is 0 Å². The summed E-state index contributed by atoms with van der Waals surface area (Å²) in [6, 6.07) is 17.5. The number of alkyl halides is 3. The highest BCUT2D eigenvalue weighted by Gasteiger charge is 2.36. The lowest BCUT2D eigenvalue weighted by Gasteiger charge is -2.25. The van der Waals surface area contributed by atoms with Gasteiger partial charge in [-0.1, -0.05) is 23.2 Å². The third-order valence-corrected chi connectivity index (χ3v) is 6.13. The van der Waals surface area contributed by atoms with E-state index < -0.39 is 17.5 Å². The van der Waals surface area contributed by atoms with Crippen molar-refractivity contribution < 1.29 is 27.4 Å². The highest BCUT2D eigenvalue weighted by molar-refractivity contribution is 8.00. The van der Waals surface area contributed by atoms with Gasteiger partial charge in [-0.05, 0) is 72.3 Å². The fraction of sp³-hybridized carbons (Fsp3) is 0.136. The molecule has 1 heterocycles. The molecule has 1 aliphatic rings. The van der Waals surface area contributed by atoms with Gasteiger partial charge in [-0.3, -0.25) is 9.69 Å². The summed E-state index contributed by atoms with van der Waals surface area (Å²) in [6.45, 7) is 0. The van der Waals surface area contributed by atoms with E-state index in [2.05, 4.69) is 4.74 Å². The molecule has 0 saturated carbocycles. The van der Waals surface area contributed by atoms with Gasteiger partial charge in [-0.25, -0.2) is 0 Å². The molecule has 1 aliphatic heterocycles. The number of halogens is 5. The molecule has 1 atom stereocenters. The second kappa shape index (κ2) is 9.13. The molecule has 0 radical (unpaired) electrons. The second-order valence-corrected chi connectivity index (χ2v) is 8.69. The van der Waals surface area contributed by atoms with Crippen molar-refractivity contribution in [2.45, 2.75) is 11.7 Å². The molecule has 0 spiro atoms. The molecule has 32 heavy (non-hydrogen) atoms. The summed E-state index contributed by atoms with van der Waals surface area (Å²) in [4.78, 5) is 14.1. The average Bonchev–Trinajstić information content (AvgIpc) is 3.10. The van der Waals surface area contributed by atoms with Gasteiger partial charge in [-0.15, -0.1) is 24.9 Å². The minimum Gasteiger partial charge on any atom is -0.457 e. The summed E-state index contributed by atoms with van der Waals surface area (Å²) in [7, 11) is 0. The highest BCUT2D eigenvalue weighted by Crippen LogP contribution is 2.44. The largest absolute Gasteiger partial charge is 0.573 e. The third kappa shape index (κ3) is 5.43. The van der Waals surface area contributed by atoms with Crippen LogP contribution >= 0.6 is 35.0 Å². The molecule has 0 N–H and O–H groups in total. The van der Waals surface area contributed by atoms with Crippen molar-refractivity contribution in [2.75, 3.05) is 10.7 Å². The molecule has 0 aromatic heterocycles. The van der Waals surface area contributed by atoms with E-state index in [1.807, 2.05) is 0 Å². The normalized spacial score (nSPS) is 16.3. The third-order valence-electron chi connectivity index (χ3n) is 4.44. The van der Waals surface area contributed by atoms with E-state index in [0.29, 0.717) is 27.8 Å². The van der Waals surface area contributed by atoms with E-state index in [1.165, 1.54) is 28.8 Å². The van der Waals surface area contributed by atoms with E-state index >= 15 is 0 Å². The Bertz CT molecular complexity index is 1120. The molecule has 10 heteroatoms. The summed E-state index contributed by atoms with van der Waals surface area (Å²) >= 11 is 13.2. The summed E-state index contributed by atoms with van der Waals surface area (Å²) in [6.07, 6.45) is -4.85. The van der Waals surface area contributed by atoms with Crippen molar-refractivity contribution in [3.05, 3.63) is 82.3 Å². The first-order valence-electron chi connectivity index (χ1n) is 9.21. The first-order valence-corrected chi connectivity index (χ1v) is 11.0. The summed E-state index contributed by atoms with van der Waals surface area (Å²) in [5, 5.41) is 0.113. The van der Waals surface area contributed by atoms with Gasteiger partial charge in [0.1, 0.15) is 22.6 Å². The van der Waals surface area contributed by atoms with Gasteiger partial charge < -0.3 is 9.47 Å². The van der Waals surface area contributed by atoms with E-state index in [-0.39, 0.29) is 16.7 Å². The molecule has 1 unspecified atom stereocenters. The van der Waals surface area contributed by atoms with Crippen molar-refractivity contribution in [3.8, 4) is 17.2 Å². The Balaban J connectivity index is 1.57. The molecule has 1 saturated heterocycles. The minimum absolute atomic E-state index is 0.0772. The number of carbonyl (C=O) groups is 1. The molecule has 4 rings (SSSR count). The predicted molar refractivity (Wildman–Crippen MR) is 119 cm³/mol. The van der Waals surface area contributed by atoms with Gasteiger partial charge in [0.2, 0.25) is 5.91 Å². The van der Waals surface area contributed by atoms with Gasteiger partial charge in [0.05, 0.1) is 5.75 Å². The lowest BCUT2D eigenvalue weighted by Crippen LogP contribution is -2.27. The lowest BCUT2D eigenvalue weighted by molar-refractivity contribution is -0.274. The number of benzene rings is 3. The summed E-state index contributed by atoms with van der Waals surface area (Å²) < 4.78 is 47.7. The van der Waals surface area contributed by atoms with Crippen LogP contribution in [0.25, 0.3) is 0 Å². The van der Waals surface area contributed by atoms with Crippen LogP contribution in [-0.2, 0) is 4.79 Å². The minimum atomic E-state index is -4.85. The maximum atomic E-state index is 12.6. The quantitative estimate of drug-likeness (QED) is 0.365. The maximum Gasteiger partial charge on any atom is 0.573 e. The number of thioether (sulfide) groups is 1. The topological polar surface area (TPSA) is 38.8 Å². The van der Waals surface area contributed by atoms with E-state index in [0.717, 1.165) is 6.07 Å². The van der Waals surface area contributed by atoms with Crippen LogP contribution in [-0.4, -0.2) is 18.0 Å². The first-order chi connectivity index (χ1) is 15.2. The van der Waals surface area contributed by atoms with Crippen molar-refractivity contribution in [1.82, 2.24) is 0 Å². The van der Waals surface area contributed by atoms with E-state index in [9.17, 15) is 18.0 Å². The van der Waals surface area contributed by atoms with Crippen LogP contribution in [0.3, 0.4) is 0 Å². The van der Waals surface area contributed by atoms with Gasteiger partial charge >= 0.3 is 6.36 Å². The fourth-order valence-electron chi connectivity index (χ4n) is 3.18. The molecule has 1 amide bonds. The zero-order valence-electron chi connectivity index (χ0n) is 16.1. The number of ether oxygens (including phenoxy) is 2. The summed E-state index contributed by atoms with van der Waals surface area (Å²) in [5.74, 6) is 0.714. The number of hydrogen-bond donors (Lipinski definition) is 0. The lowest BCUT2D eigenvalue weighted by atomic mass is 10.1. The number of carbonyl (C=O) groups excluding carboxylic acids is 1. The maximum absolute atomic E-state index is 12.6. The monoisotopic (exact) mass is 499 g/mol. The Morgan fingerprint density at radius 1 is 0.875 bits per heavy atom. The predicted octanol–water partition coefficient (Wildman–Crippen LogP) is 7.46. The van der Waals surface area contributed by atoms with Gasteiger partial charge in [0.15, 0.2) is 0 Å². The highest BCUT2D eigenvalue weighted by atomic mass is 35.5. The molecular formula is C22H14Cl2F3NO3S. The van der Waals surface area contributed by atoms with Crippen LogP contribution in [0, 0.1) is 0 Å². The number of amides is 1. The Hall–Kier alpha value is -2.55. The Morgan fingerprint density at radius 3 is 2.12 bits per heavy atom. The smallest absolute Gasteiger partial charge is 0.457 e. The number of rotatable bonds is 5. The molecule has 166 valence electrons. The van der Waals surface area contributed by atoms with Crippen LogP contribution in [0.5, 0.6) is 17.2 Å².